The summed E-state index contributed by atoms with van der Waals surface area (Å²) in [4.78, 5) is 24.9. The second-order valence-electron chi connectivity index (χ2n) is 5.01. The van der Waals surface area contributed by atoms with E-state index in [1.165, 1.54) is 5.56 Å². The number of hydrogen-bond acceptors (Lipinski definition) is 2. The summed E-state index contributed by atoms with van der Waals surface area (Å²) in [6.07, 6.45) is 2.44. The molecular weight excluding hydrogens is 230 g/mol. The molecule has 0 saturated heterocycles. The molecule has 1 amide bonds. The Kier molecular flexibility index (Phi) is 2.58. The maximum Gasteiger partial charge on any atom is 0.307 e. The number of hydrogen-bond donors (Lipinski definition) is 1. The van der Waals surface area contributed by atoms with Crippen LogP contribution in [0.15, 0.2) is 24.3 Å². The van der Waals surface area contributed by atoms with Crippen molar-refractivity contribution < 1.29 is 14.7 Å². The third-order valence-corrected chi connectivity index (χ3v) is 3.80. The standard InChI is InChI=1S/C14H15NO3/c16-13(10-8-11(10)14(17)18)15-7-3-5-9-4-1-2-6-12(9)15/h1-2,4,6,10-11H,3,5,7-8H2,(H,17,18)/t10-,11+/m1/s1. The van der Waals surface area contributed by atoms with Crippen molar-refractivity contribution >= 4 is 17.6 Å². The van der Waals surface area contributed by atoms with Gasteiger partial charge in [0, 0.05) is 12.2 Å². The van der Waals surface area contributed by atoms with E-state index >= 15 is 0 Å². The van der Waals surface area contributed by atoms with Crippen LogP contribution in [0.25, 0.3) is 0 Å². The Balaban J connectivity index is 1.82. The van der Waals surface area contributed by atoms with Gasteiger partial charge in [-0.1, -0.05) is 18.2 Å². The Morgan fingerprint density at radius 1 is 1.22 bits per heavy atom. The largest absolute Gasteiger partial charge is 0.481 e. The second-order valence-corrected chi connectivity index (χ2v) is 5.01. The fourth-order valence-corrected chi connectivity index (χ4v) is 2.70. The van der Waals surface area contributed by atoms with Gasteiger partial charge in [0.15, 0.2) is 0 Å². The summed E-state index contributed by atoms with van der Waals surface area (Å²) >= 11 is 0. The molecule has 1 aromatic carbocycles. The number of carboxylic acid groups (broad SMARTS) is 1. The Hall–Kier alpha value is -1.84. The first-order chi connectivity index (χ1) is 8.68. The minimum absolute atomic E-state index is 0.0189. The SMILES string of the molecule is O=C(O)[C@H]1C[C@H]1C(=O)N1CCCc2ccccc21. The Bertz CT molecular complexity index is 512. The van der Waals surface area contributed by atoms with Gasteiger partial charge in [-0.15, -0.1) is 0 Å². The number of carbonyl (C=O) groups is 2. The number of para-hydroxylation sites is 1. The molecule has 0 bridgehead atoms. The van der Waals surface area contributed by atoms with E-state index < -0.39 is 11.9 Å². The first kappa shape index (κ1) is 11.3. The van der Waals surface area contributed by atoms with E-state index in [0.29, 0.717) is 13.0 Å². The van der Waals surface area contributed by atoms with Crippen LogP contribution in [0.2, 0.25) is 0 Å². The quantitative estimate of drug-likeness (QED) is 0.862. The van der Waals surface area contributed by atoms with E-state index in [9.17, 15) is 9.59 Å². The maximum absolute atomic E-state index is 12.3. The molecule has 1 aliphatic carbocycles. The van der Waals surface area contributed by atoms with E-state index in [-0.39, 0.29) is 11.8 Å². The number of rotatable bonds is 2. The Morgan fingerprint density at radius 3 is 2.72 bits per heavy atom. The summed E-state index contributed by atoms with van der Waals surface area (Å²) in [6.45, 7) is 0.707. The fourth-order valence-electron chi connectivity index (χ4n) is 2.70. The predicted molar refractivity (Wildman–Crippen MR) is 66.3 cm³/mol. The van der Waals surface area contributed by atoms with E-state index in [0.717, 1.165) is 18.5 Å². The molecule has 2 aliphatic rings. The van der Waals surface area contributed by atoms with Crippen LogP contribution in [0.4, 0.5) is 5.69 Å². The lowest BCUT2D eigenvalue weighted by molar-refractivity contribution is -0.140. The summed E-state index contributed by atoms with van der Waals surface area (Å²) in [7, 11) is 0. The van der Waals surface area contributed by atoms with Crippen molar-refractivity contribution in [2.24, 2.45) is 11.8 Å². The van der Waals surface area contributed by atoms with Gasteiger partial charge in [0.25, 0.3) is 0 Å². The maximum atomic E-state index is 12.3. The zero-order valence-electron chi connectivity index (χ0n) is 10.0. The van der Waals surface area contributed by atoms with Gasteiger partial charge in [-0.3, -0.25) is 9.59 Å². The number of benzene rings is 1. The van der Waals surface area contributed by atoms with Crippen molar-refractivity contribution in [2.45, 2.75) is 19.3 Å². The number of carboxylic acids is 1. The highest BCUT2D eigenvalue weighted by Gasteiger charge is 2.50. The highest BCUT2D eigenvalue weighted by molar-refractivity contribution is 6.00. The number of fused-ring (bicyclic) bond motifs is 1. The summed E-state index contributed by atoms with van der Waals surface area (Å²) in [5.74, 6) is -1.64. The van der Waals surface area contributed by atoms with Crippen LogP contribution in [0.3, 0.4) is 0 Å². The normalized spacial score (nSPS) is 25.4. The molecular formula is C14H15NO3. The smallest absolute Gasteiger partial charge is 0.307 e. The molecule has 1 saturated carbocycles. The van der Waals surface area contributed by atoms with Crippen LogP contribution < -0.4 is 4.90 Å². The van der Waals surface area contributed by atoms with Gasteiger partial charge >= 0.3 is 5.97 Å². The monoisotopic (exact) mass is 245 g/mol. The second kappa shape index (κ2) is 4.12. The third-order valence-electron chi connectivity index (χ3n) is 3.80. The zero-order valence-corrected chi connectivity index (χ0v) is 10.0. The Labute approximate surface area is 105 Å². The number of anilines is 1. The molecule has 4 heteroatoms. The molecule has 0 spiro atoms. The van der Waals surface area contributed by atoms with Gasteiger partial charge in [-0.05, 0) is 30.9 Å². The van der Waals surface area contributed by atoms with Gasteiger partial charge in [-0.2, -0.15) is 0 Å². The number of aliphatic carboxylic acids is 1. The first-order valence-electron chi connectivity index (χ1n) is 6.30. The molecule has 0 unspecified atom stereocenters. The molecule has 1 heterocycles. The van der Waals surface area contributed by atoms with E-state index in [2.05, 4.69) is 0 Å². The molecule has 1 aromatic rings. The zero-order chi connectivity index (χ0) is 12.7. The van der Waals surface area contributed by atoms with Crippen molar-refractivity contribution in [1.82, 2.24) is 0 Å². The van der Waals surface area contributed by atoms with Gasteiger partial charge in [0.05, 0.1) is 11.8 Å². The molecule has 94 valence electrons. The molecule has 0 radical (unpaired) electrons. The van der Waals surface area contributed by atoms with Crippen molar-refractivity contribution in [3.63, 3.8) is 0 Å². The van der Waals surface area contributed by atoms with Crippen molar-refractivity contribution in [1.29, 1.82) is 0 Å². The molecule has 3 rings (SSSR count). The average molecular weight is 245 g/mol. The molecule has 1 aliphatic heterocycles. The lowest BCUT2D eigenvalue weighted by Crippen LogP contribution is -2.37. The first-order valence-corrected chi connectivity index (χ1v) is 6.30. The third kappa shape index (κ3) is 1.78. The predicted octanol–water partition coefficient (Wildman–Crippen LogP) is 1.69. The molecule has 0 aromatic heterocycles. The van der Waals surface area contributed by atoms with Crippen LogP contribution in [0.5, 0.6) is 0 Å². The topological polar surface area (TPSA) is 57.6 Å². The van der Waals surface area contributed by atoms with Crippen LogP contribution in [-0.2, 0) is 16.0 Å². The molecule has 18 heavy (non-hydrogen) atoms. The number of aryl methyl sites for hydroxylation is 1. The van der Waals surface area contributed by atoms with Crippen molar-refractivity contribution in [3.05, 3.63) is 29.8 Å². The van der Waals surface area contributed by atoms with Gasteiger partial charge in [-0.25, -0.2) is 0 Å². The van der Waals surface area contributed by atoms with E-state index in [1.54, 1.807) is 4.90 Å². The van der Waals surface area contributed by atoms with Crippen LogP contribution in [0, 0.1) is 11.8 Å². The lowest BCUT2D eigenvalue weighted by Gasteiger charge is -2.29. The molecule has 4 nitrogen and oxygen atoms in total. The molecule has 2 atom stereocenters. The van der Waals surface area contributed by atoms with E-state index in [1.807, 2.05) is 24.3 Å². The van der Waals surface area contributed by atoms with Crippen LogP contribution in [-0.4, -0.2) is 23.5 Å². The minimum atomic E-state index is -0.848. The van der Waals surface area contributed by atoms with Gasteiger partial charge < -0.3 is 10.0 Å². The van der Waals surface area contributed by atoms with E-state index in [4.69, 9.17) is 5.11 Å². The fraction of sp³-hybridized carbons (Fsp3) is 0.429. The molecule has 1 N–H and O–H groups in total. The lowest BCUT2D eigenvalue weighted by atomic mass is 10.0. The average Bonchev–Trinajstić information content (AvgIpc) is 3.17. The summed E-state index contributed by atoms with van der Waals surface area (Å²) in [5, 5.41) is 8.90. The van der Waals surface area contributed by atoms with Gasteiger partial charge in [0.1, 0.15) is 0 Å². The van der Waals surface area contributed by atoms with Crippen LogP contribution >= 0.6 is 0 Å². The van der Waals surface area contributed by atoms with Crippen molar-refractivity contribution in [3.8, 4) is 0 Å². The number of amides is 1. The summed E-state index contributed by atoms with van der Waals surface area (Å²) in [6, 6.07) is 7.89. The van der Waals surface area contributed by atoms with Crippen molar-refractivity contribution in [2.75, 3.05) is 11.4 Å². The number of carbonyl (C=O) groups excluding carboxylic acids is 1. The Morgan fingerprint density at radius 2 is 2.00 bits per heavy atom. The van der Waals surface area contributed by atoms with Gasteiger partial charge in [0.2, 0.25) is 5.91 Å². The number of nitrogens with zero attached hydrogens (tertiary/aromatic N) is 1. The summed E-state index contributed by atoms with van der Waals surface area (Å²) < 4.78 is 0. The van der Waals surface area contributed by atoms with Crippen LogP contribution in [0.1, 0.15) is 18.4 Å². The minimum Gasteiger partial charge on any atom is -0.481 e. The summed E-state index contributed by atoms with van der Waals surface area (Å²) in [5.41, 5.74) is 2.15. The molecule has 1 fully saturated rings. The highest BCUT2D eigenvalue weighted by atomic mass is 16.4. The highest BCUT2D eigenvalue weighted by Crippen LogP contribution is 2.42.